The van der Waals surface area contributed by atoms with Crippen molar-refractivity contribution in [2.75, 3.05) is 12.4 Å². The lowest BCUT2D eigenvalue weighted by molar-refractivity contribution is -0.249. The first-order valence-corrected chi connectivity index (χ1v) is 15.4. The number of carbonyl (C=O) groups excluding carboxylic acids is 4. The Kier molecular flexibility index (Phi) is 9.26. The number of rotatable bonds is 6. The second-order valence-electron chi connectivity index (χ2n) is 13.4. The minimum Gasteiger partial charge on any atom is -0.480 e. The van der Waals surface area contributed by atoms with Gasteiger partial charge in [-0.2, -0.15) is 12.6 Å². The Bertz CT molecular complexity index is 1350. The van der Waals surface area contributed by atoms with E-state index in [0.717, 1.165) is 6.08 Å². The number of allylic oxidation sites excluding steroid dienone is 4. The minimum absolute atomic E-state index is 0.0406. The Morgan fingerprint density at radius 1 is 1.16 bits per heavy atom. The van der Waals surface area contributed by atoms with E-state index in [2.05, 4.69) is 17.9 Å². The van der Waals surface area contributed by atoms with Crippen LogP contribution in [0, 0.1) is 22.7 Å². The molecule has 10 atom stereocenters. The number of aliphatic hydroxyl groups is 1. The van der Waals surface area contributed by atoms with Gasteiger partial charge in [-0.1, -0.05) is 13.0 Å². The summed E-state index contributed by atoms with van der Waals surface area (Å²) < 4.78 is 50.3. The number of aliphatic hydroxyl groups excluding tert-OH is 1. The maximum Gasteiger partial charge on any atom is 0.327 e. The molecule has 0 bridgehead atoms. The molecule has 14 heteroatoms. The summed E-state index contributed by atoms with van der Waals surface area (Å²) in [5, 5.41) is 22.0. The topological polar surface area (TPSA) is 166 Å². The number of alkyl halides is 2. The van der Waals surface area contributed by atoms with Crippen LogP contribution in [0.1, 0.15) is 60.8 Å². The molecule has 3 N–H and O–H groups in total. The number of aliphatic carboxylic acids is 1. The van der Waals surface area contributed by atoms with E-state index >= 15 is 8.78 Å². The monoisotopic (exact) mass is 657 g/mol. The molecule has 0 spiro atoms. The minimum atomic E-state index is -2.27. The van der Waals surface area contributed by atoms with E-state index in [-0.39, 0.29) is 36.5 Å². The molecule has 5 aliphatic rings. The van der Waals surface area contributed by atoms with Crippen molar-refractivity contribution in [1.29, 1.82) is 0 Å². The van der Waals surface area contributed by atoms with Gasteiger partial charge < -0.3 is 29.7 Å². The Hall–Kier alpha value is -2.68. The van der Waals surface area contributed by atoms with E-state index in [1.807, 2.05) is 0 Å². The lowest BCUT2D eigenvalue weighted by Gasteiger charge is -2.63. The van der Waals surface area contributed by atoms with Crippen LogP contribution in [0.3, 0.4) is 0 Å². The number of thiol groups is 1. The molecule has 1 heterocycles. The summed E-state index contributed by atoms with van der Waals surface area (Å²) in [6.07, 6.45) is -0.345. The summed E-state index contributed by atoms with van der Waals surface area (Å²) >= 11 is 3.73. The molecular formula is C31H41F2NO10S. The standard InChI is InChI=1S/C26H32F2O7.C5H9NO3S/c1-13(29)33-12-20(32)26-21(34-22(2,3)35-26)10-15-16-9-18(27)17-8-14(30)6-7-23(17,4)25(16,28)19(31)11-24(15,26)5;1-3(7)6-4(2-10)5(8)9/h6-8,15-16,18-19,21,31H,9-12H2,1-5H3;4,10H,2H2,1H3,(H,6,7)(H,8,9)/t15-,16-,18-,19-,21+,23-,24-,25-,26+;4-/m00/s1. The molecule has 0 aromatic heterocycles. The Labute approximate surface area is 265 Å². The van der Waals surface area contributed by atoms with Crippen molar-refractivity contribution in [2.24, 2.45) is 22.7 Å². The van der Waals surface area contributed by atoms with Gasteiger partial charge in [0.25, 0.3) is 0 Å². The van der Waals surface area contributed by atoms with Gasteiger partial charge in [-0.25, -0.2) is 13.6 Å². The fourth-order valence-electron chi connectivity index (χ4n) is 8.51. The number of esters is 1. The zero-order chi connectivity index (χ0) is 33.9. The molecule has 0 radical (unpaired) electrons. The summed E-state index contributed by atoms with van der Waals surface area (Å²) in [6, 6.07) is -0.874. The maximum atomic E-state index is 17.3. The van der Waals surface area contributed by atoms with Crippen LogP contribution in [0.4, 0.5) is 8.78 Å². The molecule has 250 valence electrons. The van der Waals surface area contributed by atoms with Crippen molar-refractivity contribution < 1.29 is 57.2 Å². The van der Waals surface area contributed by atoms with Gasteiger partial charge in [0.2, 0.25) is 11.7 Å². The number of carbonyl (C=O) groups is 5. The van der Waals surface area contributed by atoms with Crippen LogP contribution in [-0.2, 0) is 38.2 Å². The largest absolute Gasteiger partial charge is 0.480 e. The molecule has 4 aliphatic carbocycles. The third-order valence-corrected chi connectivity index (χ3v) is 10.7. The number of hydrogen-bond donors (Lipinski definition) is 4. The van der Waals surface area contributed by atoms with Gasteiger partial charge in [0.15, 0.2) is 29.4 Å². The number of nitrogens with one attached hydrogen (secondary N) is 1. The first-order chi connectivity index (χ1) is 20.7. The second kappa shape index (κ2) is 11.8. The molecule has 4 fully saturated rings. The highest BCUT2D eigenvalue weighted by Gasteiger charge is 2.80. The highest BCUT2D eigenvalue weighted by Crippen LogP contribution is 2.72. The van der Waals surface area contributed by atoms with E-state index < -0.39 is 94.3 Å². The van der Waals surface area contributed by atoms with Gasteiger partial charge in [-0.3, -0.25) is 19.2 Å². The number of amides is 1. The van der Waals surface area contributed by atoms with Crippen molar-refractivity contribution in [1.82, 2.24) is 5.32 Å². The lowest BCUT2D eigenvalue weighted by Crippen LogP contribution is -2.71. The third kappa shape index (κ3) is 5.44. The second-order valence-corrected chi connectivity index (χ2v) is 13.8. The number of carboxylic acid groups (broad SMARTS) is 1. The number of Topliss-reactive ketones (excluding diaryl/α,β-unsaturated/α-hetero) is 1. The smallest absolute Gasteiger partial charge is 0.327 e. The number of carboxylic acids is 1. The summed E-state index contributed by atoms with van der Waals surface area (Å²) in [6.45, 7) is 8.54. The first-order valence-electron chi connectivity index (χ1n) is 14.8. The van der Waals surface area contributed by atoms with Crippen molar-refractivity contribution in [3.8, 4) is 0 Å². The number of ketones is 2. The van der Waals surface area contributed by atoms with Crippen LogP contribution >= 0.6 is 12.6 Å². The highest BCUT2D eigenvalue weighted by molar-refractivity contribution is 7.80. The molecule has 0 aromatic rings. The maximum absolute atomic E-state index is 17.3. The summed E-state index contributed by atoms with van der Waals surface area (Å²) in [4.78, 5) is 57.6. The summed E-state index contributed by atoms with van der Waals surface area (Å²) in [5.41, 5.74) is -6.46. The Balaban J connectivity index is 0.000000399. The SMILES string of the molecule is CC(=O)N[C@@H](CS)C(=O)O.CC(=O)OCC(=O)[C@@]12OC(C)(C)O[C@@H]1C[C@H]1[C@@H]3C[C@H](F)C4=CC(=O)C=C[C@]4(C)[C@@]3(F)[C@@H](O)C[C@@]12C. The van der Waals surface area contributed by atoms with Gasteiger partial charge in [0, 0.05) is 36.3 Å². The van der Waals surface area contributed by atoms with E-state index in [1.54, 1.807) is 20.8 Å². The van der Waals surface area contributed by atoms with Crippen LogP contribution in [0.15, 0.2) is 23.8 Å². The van der Waals surface area contributed by atoms with Crippen LogP contribution in [-0.4, -0.2) is 93.5 Å². The van der Waals surface area contributed by atoms with Gasteiger partial charge in [0.05, 0.1) is 12.2 Å². The zero-order valence-electron chi connectivity index (χ0n) is 26.1. The Morgan fingerprint density at radius 3 is 2.33 bits per heavy atom. The summed E-state index contributed by atoms with van der Waals surface area (Å²) in [5.74, 6) is -5.55. The molecule has 45 heavy (non-hydrogen) atoms. The molecule has 1 amide bonds. The van der Waals surface area contributed by atoms with Crippen molar-refractivity contribution in [3.05, 3.63) is 23.8 Å². The molecule has 1 saturated heterocycles. The predicted octanol–water partition coefficient (Wildman–Crippen LogP) is 2.44. The molecule has 1 aliphatic heterocycles. The normalized spacial score (nSPS) is 41.2. The number of fused-ring (bicyclic) bond motifs is 7. The number of ether oxygens (including phenoxy) is 3. The highest BCUT2D eigenvalue weighted by atomic mass is 32.1. The lowest BCUT2D eigenvalue weighted by atomic mass is 9.44. The van der Waals surface area contributed by atoms with Gasteiger partial charge >= 0.3 is 11.9 Å². The van der Waals surface area contributed by atoms with Gasteiger partial charge in [-0.15, -0.1) is 0 Å². The van der Waals surface area contributed by atoms with Crippen LogP contribution in [0.2, 0.25) is 0 Å². The fourth-order valence-corrected chi connectivity index (χ4v) is 8.75. The quantitative estimate of drug-likeness (QED) is 0.246. The van der Waals surface area contributed by atoms with Crippen LogP contribution in [0.25, 0.3) is 0 Å². The third-order valence-electron chi connectivity index (χ3n) is 10.3. The fraction of sp³-hybridized carbons (Fsp3) is 0.710. The molecule has 3 saturated carbocycles. The van der Waals surface area contributed by atoms with E-state index in [9.17, 15) is 29.1 Å². The van der Waals surface area contributed by atoms with Gasteiger partial charge in [-0.05, 0) is 63.7 Å². The predicted molar refractivity (Wildman–Crippen MR) is 158 cm³/mol. The molecule has 11 nitrogen and oxygen atoms in total. The molecule has 0 aromatic carbocycles. The van der Waals surface area contributed by atoms with E-state index in [1.165, 1.54) is 32.9 Å². The van der Waals surface area contributed by atoms with E-state index in [0.29, 0.717) is 0 Å². The van der Waals surface area contributed by atoms with Crippen LogP contribution in [0.5, 0.6) is 0 Å². The van der Waals surface area contributed by atoms with Gasteiger partial charge in [0.1, 0.15) is 12.2 Å². The zero-order valence-corrected chi connectivity index (χ0v) is 27.0. The number of halogens is 2. The average Bonchev–Trinajstić information content (AvgIpc) is 3.34. The molecule has 0 unspecified atom stereocenters. The average molecular weight is 658 g/mol. The first kappa shape index (κ1) is 35.2. The van der Waals surface area contributed by atoms with Crippen molar-refractivity contribution in [3.63, 3.8) is 0 Å². The van der Waals surface area contributed by atoms with E-state index in [4.69, 9.17) is 19.3 Å². The Morgan fingerprint density at radius 2 is 1.80 bits per heavy atom. The van der Waals surface area contributed by atoms with Crippen molar-refractivity contribution >= 4 is 42.0 Å². The molecular weight excluding hydrogens is 616 g/mol. The summed E-state index contributed by atoms with van der Waals surface area (Å²) in [7, 11) is 0. The van der Waals surface area contributed by atoms with Crippen LogP contribution < -0.4 is 5.32 Å². The number of hydrogen-bond acceptors (Lipinski definition) is 10. The van der Waals surface area contributed by atoms with Crippen molar-refractivity contribution in [2.45, 2.75) is 102 Å². The molecule has 5 rings (SSSR count).